The highest BCUT2D eigenvalue weighted by Gasteiger charge is 2.02. The number of fused-ring (bicyclic) bond motifs is 1. The number of aromatic nitrogens is 1. The summed E-state index contributed by atoms with van der Waals surface area (Å²) in [4.78, 5) is 0. The van der Waals surface area contributed by atoms with Gasteiger partial charge in [0.15, 0.2) is 6.20 Å². The van der Waals surface area contributed by atoms with Crippen molar-refractivity contribution >= 4 is 10.9 Å². The molecule has 0 atom stereocenters. The number of methoxy groups -OCH3 is 1. The molecule has 1 aromatic heterocycles. The van der Waals surface area contributed by atoms with Gasteiger partial charge in [0.2, 0.25) is 5.52 Å². The summed E-state index contributed by atoms with van der Waals surface area (Å²) < 4.78 is 5.89. The van der Waals surface area contributed by atoms with Crippen molar-refractivity contribution < 1.29 is 20.4 Å². The Morgan fingerprint density at radius 3 is 2.60 bits per heavy atom. The fraction of sp³-hybridized carbons (Fsp3) is 0.100. The Kier molecular flexibility index (Phi) is 4.50. The average molecular weight is 211 g/mol. The first-order valence-electron chi connectivity index (χ1n) is 3.97. The van der Waals surface area contributed by atoms with Gasteiger partial charge in [-0.15, -0.1) is 0 Å². The van der Waals surface area contributed by atoms with Crippen molar-refractivity contribution in [2.45, 2.75) is 0 Å². The van der Waals surface area contributed by atoms with Gasteiger partial charge in [-0.2, -0.15) is 4.73 Å². The van der Waals surface area contributed by atoms with Crippen LogP contribution in [0.5, 0.6) is 5.75 Å². The standard InChI is InChI=1S/C10H9NO2.2H2O/c1-13-9-4-5-10-8(7-9)3-2-6-11(10)12;;/h2-7H,1H3;2*1H2. The summed E-state index contributed by atoms with van der Waals surface area (Å²) in [5.41, 5.74) is 0.656. The molecule has 0 spiro atoms. The number of pyridine rings is 1. The van der Waals surface area contributed by atoms with E-state index in [2.05, 4.69) is 0 Å². The van der Waals surface area contributed by atoms with E-state index in [0.717, 1.165) is 15.9 Å². The minimum absolute atomic E-state index is 0. The van der Waals surface area contributed by atoms with Crippen LogP contribution in [0.3, 0.4) is 0 Å². The molecule has 1 heterocycles. The van der Waals surface area contributed by atoms with E-state index >= 15 is 0 Å². The van der Waals surface area contributed by atoms with E-state index in [1.165, 1.54) is 6.20 Å². The van der Waals surface area contributed by atoms with Crippen LogP contribution in [0.25, 0.3) is 10.9 Å². The van der Waals surface area contributed by atoms with E-state index < -0.39 is 0 Å². The lowest BCUT2D eigenvalue weighted by Crippen LogP contribution is -2.25. The molecule has 4 N–H and O–H groups in total. The van der Waals surface area contributed by atoms with Crippen LogP contribution in [0.15, 0.2) is 36.5 Å². The van der Waals surface area contributed by atoms with Crippen molar-refractivity contribution in [1.82, 2.24) is 0 Å². The van der Waals surface area contributed by atoms with Crippen molar-refractivity contribution in [3.8, 4) is 5.75 Å². The van der Waals surface area contributed by atoms with Gasteiger partial charge in [-0.05, 0) is 18.2 Å². The Labute approximate surface area is 86.7 Å². The maximum Gasteiger partial charge on any atom is 0.223 e. The lowest BCUT2D eigenvalue weighted by Gasteiger charge is -2.02. The quantitative estimate of drug-likeness (QED) is 0.483. The highest BCUT2D eigenvalue weighted by molar-refractivity contribution is 5.77. The van der Waals surface area contributed by atoms with E-state index in [9.17, 15) is 5.21 Å². The first-order chi connectivity index (χ1) is 6.31. The number of benzene rings is 1. The predicted octanol–water partition coefficient (Wildman–Crippen LogP) is -0.168. The highest BCUT2D eigenvalue weighted by Crippen LogP contribution is 2.17. The predicted molar refractivity (Wildman–Crippen MR) is 56.7 cm³/mol. The third kappa shape index (κ3) is 2.34. The number of hydrogen-bond acceptors (Lipinski definition) is 2. The van der Waals surface area contributed by atoms with Crippen LogP contribution in [0.2, 0.25) is 0 Å². The number of hydrogen-bond donors (Lipinski definition) is 0. The fourth-order valence-corrected chi connectivity index (χ4v) is 1.30. The summed E-state index contributed by atoms with van der Waals surface area (Å²) in [7, 11) is 1.61. The molecule has 0 fully saturated rings. The van der Waals surface area contributed by atoms with Gasteiger partial charge in [0.05, 0.1) is 12.5 Å². The second-order valence-electron chi connectivity index (χ2n) is 2.76. The molecule has 5 nitrogen and oxygen atoms in total. The average Bonchev–Trinajstić information content (AvgIpc) is 2.18. The van der Waals surface area contributed by atoms with Gasteiger partial charge in [-0.3, -0.25) is 0 Å². The molecular weight excluding hydrogens is 198 g/mol. The van der Waals surface area contributed by atoms with Gasteiger partial charge < -0.3 is 20.9 Å². The molecule has 0 unspecified atom stereocenters. The smallest absolute Gasteiger partial charge is 0.223 e. The Morgan fingerprint density at radius 2 is 1.93 bits per heavy atom. The summed E-state index contributed by atoms with van der Waals surface area (Å²) in [5, 5.41) is 12.1. The van der Waals surface area contributed by atoms with Crippen LogP contribution < -0.4 is 9.47 Å². The number of ether oxygens (including phenoxy) is 1. The Morgan fingerprint density at radius 1 is 1.20 bits per heavy atom. The van der Waals surface area contributed by atoms with Crippen molar-refractivity contribution in [2.75, 3.05) is 7.11 Å². The molecule has 0 radical (unpaired) electrons. The van der Waals surface area contributed by atoms with Crippen LogP contribution in [0.1, 0.15) is 0 Å². The van der Waals surface area contributed by atoms with Gasteiger partial charge in [0, 0.05) is 12.1 Å². The molecule has 0 bridgehead atoms. The van der Waals surface area contributed by atoms with Crippen molar-refractivity contribution in [3.05, 3.63) is 41.7 Å². The van der Waals surface area contributed by atoms with E-state index in [0.29, 0.717) is 5.52 Å². The number of rotatable bonds is 1. The zero-order valence-corrected chi connectivity index (χ0v) is 8.23. The van der Waals surface area contributed by atoms with Gasteiger partial charge in [0.1, 0.15) is 5.75 Å². The Balaban J connectivity index is 0.000000980. The van der Waals surface area contributed by atoms with Gasteiger partial charge in [0.25, 0.3) is 0 Å². The molecule has 0 saturated heterocycles. The summed E-state index contributed by atoms with van der Waals surface area (Å²) in [6.07, 6.45) is 1.48. The van der Waals surface area contributed by atoms with Crippen molar-refractivity contribution in [1.29, 1.82) is 0 Å². The molecule has 1 aromatic carbocycles. The third-order valence-electron chi connectivity index (χ3n) is 1.97. The van der Waals surface area contributed by atoms with Crippen LogP contribution in [0.4, 0.5) is 0 Å². The van der Waals surface area contributed by atoms with Crippen LogP contribution in [-0.4, -0.2) is 18.1 Å². The SMILES string of the molecule is COc1ccc2c(ccc[n+]2[O-])c1.O.O. The molecule has 82 valence electrons. The van der Waals surface area contributed by atoms with Crippen LogP contribution in [-0.2, 0) is 0 Å². The molecular formula is C10H13NO4. The molecule has 0 aliphatic rings. The van der Waals surface area contributed by atoms with Gasteiger partial charge in [-0.1, -0.05) is 0 Å². The molecule has 5 heteroatoms. The Bertz CT molecular complexity index is 444. The van der Waals surface area contributed by atoms with Crippen LogP contribution >= 0.6 is 0 Å². The van der Waals surface area contributed by atoms with Crippen molar-refractivity contribution in [3.63, 3.8) is 0 Å². The summed E-state index contributed by atoms with van der Waals surface area (Å²) in [6.45, 7) is 0. The second kappa shape index (κ2) is 5.14. The second-order valence-corrected chi connectivity index (χ2v) is 2.76. The fourth-order valence-electron chi connectivity index (χ4n) is 1.30. The van der Waals surface area contributed by atoms with E-state index in [-0.39, 0.29) is 11.0 Å². The minimum atomic E-state index is 0. The van der Waals surface area contributed by atoms with E-state index in [4.69, 9.17) is 4.74 Å². The molecule has 0 amide bonds. The molecule has 2 aromatic rings. The molecule has 2 rings (SSSR count). The first kappa shape index (κ1) is 13.2. The molecule has 0 saturated carbocycles. The largest absolute Gasteiger partial charge is 0.618 e. The van der Waals surface area contributed by atoms with Gasteiger partial charge in [-0.25, -0.2) is 0 Å². The molecule has 0 aliphatic heterocycles. The maximum atomic E-state index is 11.3. The van der Waals surface area contributed by atoms with E-state index in [1.54, 1.807) is 25.3 Å². The zero-order valence-electron chi connectivity index (χ0n) is 8.23. The monoisotopic (exact) mass is 211 g/mol. The number of nitrogens with zero attached hydrogens (tertiary/aromatic N) is 1. The zero-order chi connectivity index (χ0) is 9.26. The maximum absolute atomic E-state index is 11.3. The van der Waals surface area contributed by atoms with Crippen LogP contribution in [0, 0.1) is 5.21 Å². The summed E-state index contributed by atoms with van der Waals surface area (Å²) in [6, 6.07) is 8.96. The summed E-state index contributed by atoms with van der Waals surface area (Å²) in [5.74, 6) is 0.763. The lowest BCUT2D eigenvalue weighted by atomic mass is 10.2. The Hall–Kier alpha value is -1.85. The molecule has 0 aliphatic carbocycles. The van der Waals surface area contributed by atoms with E-state index in [1.807, 2.05) is 12.1 Å². The lowest BCUT2D eigenvalue weighted by molar-refractivity contribution is -0.577. The molecule has 15 heavy (non-hydrogen) atoms. The van der Waals surface area contributed by atoms with Crippen molar-refractivity contribution in [2.24, 2.45) is 0 Å². The van der Waals surface area contributed by atoms with Gasteiger partial charge >= 0.3 is 0 Å². The highest BCUT2D eigenvalue weighted by atomic mass is 16.5. The third-order valence-corrected chi connectivity index (χ3v) is 1.97. The summed E-state index contributed by atoms with van der Waals surface area (Å²) >= 11 is 0. The minimum Gasteiger partial charge on any atom is -0.618 e. The first-order valence-corrected chi connectivity index (χ1v) is 3.97. The topological polar surface area (TPSA) is 99.2 Å². The normalized spacial score (nSPS) is 8.87.